The highest BCUT2D eigenvalue weighted by molar-refractivity contribution is 5.70. The van der Waals surface area contributed by atoms with Crippen LogP contribution < -0.4 is 5.32 Å². The number of carbonyl (C=O) groups excluding carboxylic acids is 1. The van der Waals surface area contributed by atoms with Crippen LogP contribution in [-0.4, -0.2) is 36.7 Å². The van der Waals surface area contributed by atoms with Gasteiger partial charge in [0.05, 0.1) is 6.04 Å². The van der Waals surface area contributed by atoms with Crippen LogP contribution in [0.15, 0.2) is 30.3 Å². The average molecular weight is 416 g/mol. The minimum Gasteiger partial charge on any atom is -0.445 e. The third kappa shape index (κ3) is 3.45. The number of ether oxygens (including phenoxy) is 1. The molecule has 0 saturated carbocycles. The van der Waals surface area contributed by atoms with Gasteiger partial charge in [-0.25, -0.2) is 18.0 Å². The van der Waals surface area contributed by atoms with Crippen molar-refractivity contribution in [3.05, 3.63) is 58.9 Å². The summed E-state index contributed by atoms with van der Waals surface area (Å²) in [6.45, 7) is 2.98. The van der Waals surface area contributed by atoms with Crippen molar-refractivity contribution in [2.45, 2.75) is 37.8 Å². The first-order valence-electron chi connectivity index (χ1n) is 10.5. The third-order valence-electron chi connectivity index (χ3n) is 6.71. The smallest absolute Gasteiger partial charge is 0.407 e. The highest BCUT2D eigenvalue weighted by atomic mass is 19.2. The molecule has 3 heterocycles. The molecule has 3 aliphatic heterocycles. The van der Waals surface area contributed by atoms with Crippen molar-refractivity contribution in [3.8, 4) is 11.1 Å². The van der Waals surface area contributed by atoms with Gasteiger partial charge in [-0.3, -0.25) is 4.90 Å². The number of rotatable bonds is 3. The summed E-state index contributed by atoms with van der Waals surface area (Å²) in [5.41, 5.74) is 2.42. The maximum Gasteiger partial charge on any atom is 0.407 e. The monoisotopic (exact) mass is 416 g/mol. The van der Waals surface area contributed by atoms with E-state index in [9.17, 15) is 18.0 Å². The van der Waals surface area contributed by atoms with Crippen molar-refractivity contribution < 1.29 is 22.7 Å². The summed E-state index contributed by atoms with van der Waals surface area (Å²) >= 11 is 0. The van der Waals surface area contributed by atoms with Crippen molar-refractivity contribution >= 4 is 6.09 Å². The van der Waals surface area contributed by atoms with Crippen LogP contribution in [0.3, 0.4) is 0 Å². The van der Waals surface area contributed by atoms with Crippen LogP contribution >= 0.6 is 0 Å². The Kier molecular flexibility index (Phi) is 4.93. The lowest BCUT2D eigenvalue weighted by molar-refractivity contribution is -0.0339. The molecule has 2 aromatic rings. The first-order valence-corrected chi connectivity index (χ1v) is 10.5. The zero-order valence-corrected chi connectivity index (χ0v) is 16.5. The number of piperidine rings is 3. The molecule has 3 fully saturated rings. The molecule has 2 bridgehead atoms. The molecular formula is C23H23F3N2O2. The first kappa shape index (κ1) is 19.4. The van der Waals surface area contributed by atoms with Crippen LogP contribution in [-0.2, 0) is 11.2 Å². The zero-order chi connectivity index (χ0) is 20.8. The molecule has 0 spiro atoms. The van der Waals surface area contributed by atoms with Crippen LogP contribution in [0.5, 0.6) is 0 Å². The van der Waals surface area contributed by atoms with Gasteiger partial charge >= 0.3 is 6.09 Å². The summed E-state index contributed by atoms with van der Waals surface area (Å²) in [5, 5.41) is 2.97. The summed E-state index contributed by atoms with van der Waals surface area (Å²) in [5.74, 6) is -3.42. The van der Waals surface area contributed by atoms with Crippen molar-refractivity contribution in [2.75, 3.05) is 19.6 Å². The Morgan fingerprint density at radius 3 is 2.57 bits per heavy atom. The van der Waals surface area contributed by atoms with Crippen LogP contribution in [0.2, 0.25) is 0 Å². The Balaban J connectivity index is 1.28. The summed E-state index contributed by atoms with van der Waals surface area (Å²) in [7, 11) is 0. The Morgan fingerprint density at radius 1 is 1.03 bits per heavy atom. The van der Waals surface area contributed by atoms with Crippen LogP contribution in [0.25, 0.3) is 11.1 Å². The molecule has 30 heavy (non-hydrogen) atoms. The number of nitrogens with one attached hydrogen (secondary N) is 1. The Morgan fingerprint density at radius 2 is 1.83 bits per heavy atom. The number of nitrogens with zero attached hydrogens (tertiary/aromatic N) is 1. The summed E-state index contributed by atoms with van der Waals surface area (Å²) in [6.07, 6.45) is 3.13. The van der Waals surface area contributed by atoms with Crippen molar-refractivity contribution in [3.63, 3.8) is 0 Å². The minimum absolute atomic E-state index is 0.0230. The largest absolute Gasteiger partial charge is 0.445 e. The molecule has 4 aliphatic rings. The molecule has 4 nitrogen and oxygen atoms in total. The molecule has 158 valence electrons. The van der Waals surface area contributed by atoms with E-state index >= 15 is 0 Å². The number of amides is 1. The van der Waals surface area contributed by atoms with Gasteiger partial charge in [0.25, 0.3) is 0 Å². The van der Waals surface area contributed by atoms with Gasteiger partial charge in [0.2, 0.25) is 0 Å². The molecule has 2 atom stereocenters. The summed E-state index contributed by atoms with van der Waals surface area (Å²) in [6, 6.07) is 7.27. The molecule has 7 heteroatoms. The quantitative estimate of drug-likeness (QED) is 0.745. The third-order valence-corrected chi connectivity index (χ3v) is 6.71. The topological polar surface area (TPSA) is 41.6 Å². The van der Waals surface area contributed by atoms with Crippen LogP contribution in [0.4, 0.5) is 18.0 Å². The van der Waals surface area contributed by atoms with Gasteiger partial charge in [-0.2, -0.15) is 0 Å². The van der Waals surface area contributed by atoms with Gasteiger partial charge in [-0.1, -0.05) is 18.2 Å². The van der Waals surface area contributed by atoms with Crippen molar-refractivity contribution in [2.24, 2.45) is 5.92 Å². The second-order valence-electron chi connectivity index (χ2n) is 8.45. The van der Waals surface area contributed by atoms with Gasteiger partial charge in [-0.05, 0) is 73.5 Å². The molecule has 1 amide bonds. The molecular weight excluding hydrogens is 393 g/mol. The zero-order valence-electron chi connectivity index (χ0n) is 16.5. The highest BCUT2D eigenvalue weighted by Crippen LogP contribution is 2.36. The highest BCUT2D eigenvalue weighted by Gasteiger charge is 2.37. The predicted molar refractivity (Wildman–Crippen MR) is 105 cm³/mol. The number of carbonyl (C=O) groups is 1. The second-order valence-corrected chi connectivity index (χ2v) is 8.45. The van der Waals surface area contributed by atoms with E-state index in [-0.39, 0.29) is 17.7 Å². The maximum atomic E-state index is 14.1. The van der Waals surface area contributed by atoms with Gasteiger partial charge in [0, 0.05) is 12.1 Å². The van der Waals surface area contributed by atoms with Gasteiger partial charge in [0.1, 0.15) is 6.10 Å². The van der Waals surface area contributed by atoms with Gasteiger partial charge < -0.3 is 10.1 Å². The molecule has 3 saturated heterocycles. The van der Waals surface area contributed by atoms with Crippen molar-refractivity contribution in [1.82, 2.24) is 10.2 Å². The number of fused-ring (bicyclic) bond motifs is 4. The molecule has 1 N–H and O–H groups in total. The first-order chi connectivity index (χ1) is 14.5. The summed E-state index contributed by atoms with van der Waals surface area (Å²) < 4.78 is 46.7. The van der Waals surface area contributed by atoms with E-state index < -0.39 is 23.5 Å². The fourth-order valence-corrected chi connectivity index (χ4v) is 5.04. The minimum atomic E-state index is -1.47. The van der Waals surface area contributed by atoms with E-state index in [0.29, 0.717) is 24.3 Å². The van der Waals surface area contributed by atoms with E-state index in [1.807, 2.05) is 6.07 Å². The number of hydrogen-bond acceptors (Lipinski definition) is 3. The van der Waals surface area contributed by atoms with Gasteiger partial charge in [0.15, 0.2) is 17.5 Å². The number of alkyl carbamates (subject to hydrolysis) is 1. The lowest BCUT2D eigenvalue weighted by Gasteiger charge is -2.43. The Labute approximate surface area is 173 Å². The number of hydrogen-bond donors (Lipinski definition) is 1. The number of aryl methyl sites for hydroxylation is 1. The predicted octanol–water partition coefficient (Wildman–Crippen LogP) is 4.58. The van der Waals surface area contributed by atoms with E-state index in [2.05, 4.69) is 10.2 Å². The summed E-state index contributed by atoms with van der Waals surface area (Å²) in [4.78, 5) is 14.8. The SMILES string of the molecule is O=C(NC1CCc2cc(-c3ccc(F)c(F)c3F)ccc21)O[C@H]1CN2CCC1CC2. The molecule has 1 unspecified atom stereocenters. The van der Waals surface area contributed by atoms with E-state index in [1.165, 1.54) is 6.07 Å². The molecule has 1 aliphatic carbocycles. The van der Waals surface area contributed by atoms with Crippen molar-refractivity contribution in [1.29, 1.82) is 0 Å². The number of benzene rings is 2. The lowest BCUT2D eigenvalue weighted by Crippen LogP contribution is -2.52. The fourth-order valence-electron chi connectivity index (χ4n) is 5.04. The van der Waals surface area contributed by atoms with E-state index in [4.69, 9.17) is 4.74 Å². The molecule has 0 radical (unpaired) electrons. The Hall–Kier alpha value is -2.54. The van der Waals surface area contributed by atoms with Gasteiger partial charge in [-0.15, -0.1) is 0 Å². The van der Waals surface area contributed by atoms with E-state index in [0.717, 1.165) is 49.7 Å². The average Bonchev–Trinajstić information content (AvgIpc) is 3.15. The maximum absolute atomic E-state index is 14.1. The van der Waals surface area contributed by atoms with E-state index in [1.54, 1.807) is 12.1 Å². The normalized spacial score (nSPS) is 27.0. The molecule has 6 rings (SSSR count). The second kappa shape index (κ2) is 7.61. The molecule has 0 aromatic heterocycles. The van der Waals surface area contributed by atoms with Crippen LogP contribution in [0, 0.1) is 23.4 Å². The standard InChI is InChI=1S/C23H23F3N2O2/c24-18-5-4-17(21(25)22(18)26)15-1-3-16-14(11-15)2-6-19(16)27-23(29)30-20-12-28-9-7-13(20)8-10-28/h1,3-5,11,13,19-20H,2,6-10,12H2,(H,27,29)/t19?,20-/m0/s1. The molecule has 2 aromatic carbocycles. The fraction of sp³-hybridized carbons (Fsp3) is 0.435. The van der Waals surface area contributed by atoms with Crippen LogP contribution in [0.1, 0.15) is 36.4 Å². The Bertz CT molecular complexity index is 989. The lowest BCUT2D eigenvalue weighted by atomic mass is 9.86. The number of halogens is 3.